The van der Waals surface area contributed by atoms with Gasteiger partial charge in [0.05, 0.1) is 16.7 Å². The van der Waals surface area contributed by atoms with Gasteiger partial charge in [0, 0.05) is 65.7 Å². The molecule has 0 spiro atoms. The molecular formula is C62H38N2O2. The van der Waals surface area contributed by atoms with Crippen molar-refractivity contribution in [1.82, 2.24) is 4.57 Å². The summed E-state index contributed by atoms with van der Waals surface area (Å²) >= 11 is 0. The van der Waals surface area contributed by atoms with E-state index in [1.165, 1.54) is 27.2 Å². The number of furan rings is 2. The van der Waals surface area contributed by atoms with E-state index >= 15 is 0 Å². The molecule has 0 aliphatic rings. The molecule has 0 unspecified atom stereocenters. The van der Waals surface area contributed by atoms with Gasteiger partial charge in [-0.3, -0.25) is 0 Å². The molecule has 0 aliphatic carbocycles. The zero-order chi connectivity index (χ0) is 43.3. The normalized spacial score (nSPS) is 11.9. The van der Waals surface area contributed by atoms with Gasteiger partial charge in [-0.1, -0.05) is 152 Å². The van der Waals surface area contributed by atoms with Gasteiger partial charge in [0.15, 0.2) is 0 Å². The Balaban J connectivity index is 0.954. The lowest BCUT2D eigenvalue weighted by molar-refractivity contribution is 0.672. The second-order valence-electron chi connectivity index (χ2n) is 17.2. The number of hydrogen-bond acceptors (Lipinski definition) is 3. The molecule has 0 atom stereocenters. The van der Waals surface area contributed by atoms with Gasteiger partial charge in [-0.25, -0.2) is 0 Å². The zero-order valence-corrected chi connectivity index (χ0v) is 35.7. The number of rotatable bonds is 6. The summed E-state index contributed by atoms with van der Waals surface area (Å²) in [6.45, 7) is 0. The Labute approximate surface area is 379 Å². The average Bonchev–Trinajstić information content (AvgIpc) is 4.08. The van der Waals surface area contributed by atoms with Gasteiger partial charge in [-0.05, 0) is 106 Å². The van der Waals surface area contributed by atoms with Crippen LogP contribution in [0.4, 0.5) is 17.1 Å². The summed E-state index contributed by atoms with van der Waals surface area (Å²) in [5.41, 5.74) is 14.7. The summed E-state index contributed by atoms with van der Waals surface area (Å²) in [6.07, 6.45) is 0. The van der Waals surface area contributed by atoms with Crippen molar-refractivity contribution in [3.63, 3.8) is 0 Å². The van der Waals surface area contributed by atoms with Crippen molar-refractivity contribution in [1.29, 1.82) is 0 Å². The molecule has 3 heterocycles. The summed E-state index contributed by atoms with van der Waals surface area (Å²) in [5.74, 6) is 0. The van der Waals surface area contributed by atoms with E-state index in [1.807, 2.05) is 0 Å². The summed E-state index contributed by atoms with van der Waals surface area (Å²) in [5, 5.41) is 11.5. The average molecular weight is 843 g/mol. The molecule has 14 rings (SSSR count). The molecule has 14 aromatic rings. The van der Waals surface area contributed by atoms with E-state index in [4.69, 9.17) is 8.83 Å². The molecule has 0 aliphatic heterocycles. The predicted molar refractivity (Wildman–Crippen MR) is 276 cm³/mol. The van der Waals surface area contributed by atoms with Crippen LogP contribution in [0.3, 0.4) is 0 Å². The minimum atomic E-state index is 0.869. The number of hydrogen-bond donors (Lipinski definition) is 0. The SMILES string of the molecule is c1ccc(N(c2ccc(-c3cccc4oc5c6ccccc6ccc5c34)cc2)c2ccc(-n3c4ccccc4c4ccccc43)cc2)c(-c2cccc3oc4c5ccccc5ccc4c23)c1. The van der Waals surface area contributed by atoms with Crippen molar-refractivity contribution < 1.29 is 8.83 Å². The Kier molecular flexibility index (Phi) is 7.95. The number of para-hydroxylation sites is 3. The Hall–Kier alpha value is -8.86. The molecule has 0 amide bonds. The molecule has 0 bridgehead atoms. The Morgan fingerprint density at radius 1 is 0.318 bits per heavy atom. The molecular weight excluding hydrogens is 805 g/mol. The molecule has 0 N–H and O–H groups in total. The number of benzene rings is 11. The summed E-state index contributed by atoms with van der Waals surface area (Å²) in [4.78, 5) is 2.39. The maximum absolute atomic E-state index is 6.71. The lowest BCUT2D eigenvalue weighted by atomic mass is 9.95. The summed E-state index contributed by atoms with van der Waals surface area (Å²) < 4.78 is 15.7. The molecule has 66 heavy (non-hydrogen) atoms. The van der Waals surface area contributed by atoms with E-state index in [0.29, 0.717) is 0 Å². The van der Waals surface area contributed by atoms with Crippen LogP contribution in [0, 0.1) is 0 Å². The van der Waals surface area contributed by atoms with Crippen molar-refractivity contribution >= 4 is 104 Å². The van der Waals surface area contributed by atoms with Crippen LogP contribution >= 0.6 is 0 Å². The van der Waals surface area contributed by atoms with E-state index in [1.54, 1.807) is 0 Å². The predicted octanol–water partition coefficient (Wildman–Crippen LogP) is 17.7. The maximum atomic E-state index is 6.71. The smallest absolute Gasteiger partial charge is 0.143 e. The quantitative estimate of drug-likeness (QED) is 0.167. The van der Waals surface area contributed by atoms with Crippen LogP contribution in [0.2, 0.25) is 0 Å². The number of nitrogens with zero attached hydrogens (tertiary/aromatic N) is 2. The maximum Gasteiger partial charge on any atom is 0.143 e. The third-order valence-electron chi connectivity index (χ3n) is 13.6. The largest absolute Gasteiger partial charge is 0.455 e. The highest BCUT2D eigenvalue weighted by Gasteiger charge is 2.22. The van der Waals surface area contributed by atoms with Gasteiger partial charge < -0.3 is 18.3 Å². The van der Waals surface area contributed by atoms with Gasteiger partial charge in [-0.15, -0.1) is 0 Å². The summed E-state index contributed by atoms with van der Waals surface area (Å²) in [7, 11) is 0. The topological polar surface area (TPSA) is 34.5 Å². The molecule has 4 heteroatoms. The molecule has 0 radical (unpaired) electrons. The molecule has 308 valence electrons. The monoisotopic (exact) mass is 842 g/mol. The fourth-order valence-corrected chi connectivity index (χ4v) is 10.6. The van der Waals surface area contributed by atoms with Crippen molar-refractivity contribution in [2.45, 2.75) is 0 Å². The van der Waals surface area contributed by atoms with Crippen molar-refractivity contribution in [3.8, 4) is 27.9 Å². The van der Waals surface area contributed by atoms with Gasteiger partial charge in [0.1, 0.15) is 22.3 Å². The van der Waals surface area contributed by atoms with Gasteiger partial charge in [0.2, 0.25) is 0 Å². The second-order valence-corrected chi connectivity index (χ2v) is 17.2. The van der Waals surface area contributed by atoms with E-state index in [2.05, 4.69) is 240 Å². The van der Waals surface area contributed by atoms with Crippen molar-refractivity contribution in [2.24, 2.45) is 0 Å². The molecule has 3 aromatic heterocycles. The van der Waals surface area contributed by atoms with E-state index < -0.39 is 0 Å². The Bertz CT molecular complexity index is 4170. The number of aromatic nitrogens is 1. The summed E-state index contributed by atoms with van der Waals surface area (Å²) in [6, 6.07) is 82.7. The Morgan fingerprint density at radius 2 is 0.788 bits per heavy atom. The zero-order valence-electron chi connectivity index (χ0n) is 35.7. The van der Waals surface area contributed by atoms with Crippen LogP contribution in [0.1, 0.15) is 0 Å². The minimum Gasteiger partial charge on any atom is -0.455 e. The first kappa shape index (κ1) is 36.6. The highest BCUT2D eigenvalue weighted by Crippen LogP contribution is 2.47. The number of anilines is 3. The van der Waals surface area contributed by atoms with Crippen LogP contribution in [0.25, 0.3) is 115 Å². The molecule has 0 saturated carbocycles. The first-order valence-electron chi connectivity index (χ1n) is 22.5. The first-order valence-corrected chi connectivity index (χ1v) is 22.5. The highest BCUT2D eigenvalue weighted by molar-refractivity contribution is 6.21. The molecule has 11 aromatic carbocycles. The minimum absolute atomic E-state index is 0.869. The van der Waals surface area contributed by atoms with Crippen LogP contribution < -0.4 is 4.90 Å². The van der Waals surface area contributed by atoms with Crippen LogP contribution in [0.15, 0.2) is 239 Å². The first-order chi connectivity index (χ1) is 32.7. The standard InChI is InChI=1S/C62H38N2O2/c1-3-15-46-39(13-1)29-37-52-59-45(20-11-25-57(59)65-61(46)52)41-27-31-42(32-28-41)63(43-33-35-44(36-34-43)64-55-23-9-5-17-48(55)49-18-6-10-24-56(49)64)54-22-8-7-19-50(54)51-21-12-26-58-60(51)53-38-30-40-14-2-4-16-47(40)62(53)66-58/h1-38H. The van der Waals surface area contributed by atoms with Gasteiger partial charge in [0.25, 0.3) is 0 Å². The van der Waals surface area contributed by atoms with Gasteiger partial charge in [-0.2, -0.15) is 0 Å². The van der Waals surface area contributed by atoms with Crippen molar-refractivity contribution in [3.05, 3.63) is 231 Å². The molecule has 4 nitrogen and oxygen atoms in total. The van der Waals surface area contributed by atoms with E-state index in [0.717, 1.165) is 105 Å². The highest BCUT2D eigenvalue weighted by atomic mass is 16.3. The fraction of sp³-hybridized carbons (Fsp3) is 0. The molecule has 0 fully saturated rings. The van der Waals surface area contributed by atoms with E-state index in [9.17, 15) is 0 Å². The van der Waals surface area contributed by atoms with Crippen molar-refractivity contribution in [2.75, 3.05) is 4.90 Å². The van der Waals surface area contributed by atoms with E-state index in [-0.39, 0.29) is 0 Å². The lowest BCUT2D eigenvalue weighted by Gasteiger charge is -2.28. The third-order valence-corrected chi connectivity index (χ3v) is 13.6. The third kappa shape index (κ3) is 5.45. The van der Waals surface area contributed by atoms with Crippen LogP contribution in [-0.4, -0.2) is 4.57 Å². The van der Waals surface area contributed by atoms with Crippen LogP contribution in [0.5, 0.6) is 0 Å². The number of fused-ring (bicyclic) bond motifs is 13. The second kappa shape index (κ2) is 14.3. The fourth-order valence-electron chi connectivity index (χ4n) is 10.6. The Morgan fingerprint density at radius 3 is 1.39 bits per heavy atom. The molecule has 0 saturated heterocycles. The lowest BCUT2D eigenvalue weighted by Crippen LogP contribution is -2.11. The van der Waals surface area contributed by atoms with Gasteiger partial charge >= 0.3 is 0 Å². The van der Waals surface area contributed by atoms with Crippen LogP contribution in [-0.2, 0) is 0 Å².